The van der Waals surface area contributed by atoms with Gasteiger partial charge in [0.25, 0.3) is 0 Å². The molecule has 122 valence electrons. The molecule has 1 saturated carbocycles. The van der Waals surface area contributed by atoms with Gasteiger partial charge < -0.3 is 4.52 Å². The van der Waals surface area contributed by atoms with Crippen molar-refractivity contribution < 1.29 is 13.5 Å². The average molecular weight is 417 g/mol. The summed E-state index contributed by atoms with van der Waals surface area (Å²) in [7, 11) is -1.30. The summed E-state index contributed by atoms with van der Waals surface area (Å²) in [6.07, 6.45) is 4.17. The van der Waals surface area contributed by atoms with Crippen molar-refractivity contribution in [2.24, 2.45) is 0 Å². The highest BCUT2D eigenvalue weighted by Crippen LogP contribution is 2.42. The third-order valence-corrected chi connectivity index (χ3v) is 7.01. The zero-order valence-corrected chi connectivity index (χ0v) is 15.6. The van der Waals surface area contributed by atoms with Crippen molar-refractivity contribution in [2.75, 3.05) is 5.75 Å². The Morgan fingerprint density at radius 3 is 2.83 bits per heavy atom. The Labute approximate surface area is 150 Å². The molecule has 0 aliphatic heterocycles. The van der Waals surface area contributed by atoms with Crippen LogP contribution >= 0.6 is 27.5 Å². The number of benzene rings is 1. The van der Waals surface area contributed by atoms with Crippen LogP contribution in [-0.4, -0.2) is 20.9 Å². The Hall–Kier alpha value is -0.980. The number of carbonyl (C=O) groups excluding carboxylic acids is 1. The number of nitrogens with zero attached hydrogens (tertiary/aromatic N) is 1. The summed E-state index contributed by atoms with van der Waals surface area (Å²) in [6, 6.07) is 3.26. The van der Waals surface area contributed by atoms with Gasteiger partial charge in [-0.25, -0.2) is 0 Å². The maximum Gasteiger partial charge on any atom is 0.199 e. The summed E-state index contributed by atoms with van der Waals surface area (Å²) in [6.45, 7) is 1.95. The molecule has 23 heavy (non-hydrogen) atoms. The third-order valence-electron chi connectivity index (χ3n) is 3.72. The predicted molar refractivity (Wildman–Crippen MR) is 92.6 cm³/mol. The average Bonchev–Trinajstić information content (AvgIpc) is 3.26. The molecule has 0 amide bonds. The van der Waals surface area contributed by atoms with E-state index in [0.717, 1.165) is 19.3 Å². The molecule has 1 aromatic heterocycles. The quantitative estimate of drug-likeness (QED) is 0.639. The number of ketones is 1. The highest BCUT2D eigenvalue weighted by Gasteiger charge is 2.33. The lowest BCUT2D eigenvalue weighted by Crippen LogP contribution is -2.10. The van der Waals surface area contributed by atoms with Crippen LogP contribution in [0.1, 0.15) is 53.7 Å². The summed E-state index contributed by atoms with van der Waals surface area (Å²) in [5.74, 6) is 0.552. The first-order valence-electron chi connectivity index (χ1n) is 7.40. The number of aromatic nitrogens is 1. The van der Waals surface area contributed by atoms with Crippen LogP contribution in [0.4, 0.5) is 0 Å². The first kappa shape index (κ1) is 16.9. The maximum absolute atomic E-state index is 13.0. The zero-order valence-electron chi connectivity index (χ0n) is 12.5. The van der Waals surface area contributed by atoms with Gasteiger partial charge in [0.15, 0.2) is 5.78 Å². The van der Waals surface area contributed by atoms with Gasteiger partial charge in [-0.3, -0.25) is 9.00 Å². The molecule has 0 N–H and O–H groups in total. The second-order valence-electron chi connectivity index (χ2n) is 5.50. The van der Waals surface area contributed by atoms with Crippen molar-refractivity contribution in [2.45, 2.75) is 37.0 Å². The summed E-state index contributed by atoms with van der Waals surface area (Å²) in [5.41, 5.74) is 1.54. The normalized spacial score (nSPS) is 15.6. The smallest absolute Gasteiger partial charge is 0.199 e. The number of hydrogen-bond donors (Lipinski definition) is 0. The van der Waals surface area contributed by atoms with E-state index in [1.54, 1.807) is 12.1 Å². The Morgan fingerprint density at radius 2 is 2.17 bits per heavy atom. The molecule has 4 nitrogen and oxygen atoms in total. The van der Waals surface area contributed by atoms with E-state index in [2.05, 4.69) is 21.1 Å². The molecule has 1 aromatic carbocycles. The van der Waals surface area contributed by atoms with E-state index in [-0.39, 0.29) is 5.78 Å². The molecular formula is C16H15BrClNO3S. The van der Waals surface area contributed by atoms with Gasteiger partial charge in [0.05, 0.1) is 36.4 Å². The van der Waals surface area contributed by atoms with Crippen molar-refractivity contribution in [1.82, 2.24) is 5.16 Å². The topological polar surface area (TPSA) is 60.2 Å². The van der Waals surface area contributed by atoms with Crippen LogP contribution in [0.3, 0.4) is 0 Å². The van der Waals surface area contributed by atoms with Gasteiger partial charge in [0.2, 0.25) is 0 Å². The van der Waals surface area contributed by atoms with Gasteiger partial charge in [-0.1, -0.05) is 23.7 Å². The minimum atomic E-state index is -1.30. The highest BCUT2D eigenvalue weighted by atomic mass is 79.9. The van der Waals surface area contributed by atoms with Crippen LogP contribution in [0.5, 0.6) is 0 Å². The fraction of sp³-hybridized carbons (Fsp3) is 0.375. The SMILES string of the molecule is CCCS(=O)c1c(C(=O)c2conc2C2CC2)ccc(Cl)c1Br. The van der Waals surface area contributed by atoms with Crippen LogP contribution in [0, 0.1) is 0 Å². The Morgan fingerprint density at radius 1 is 1.43 bits per heavy atom. The first-order chi connectivity index (χ1) is 11.0. The molecule has 1 atom stereocenters. The predicted octanol–water partition coefficient (Wildman–Crippen LogP) is 4.72. The largest absolute Gasteiger partial charge is 0.364 e. The Kier molecular flexibility index (Phi) is 5.04. The van der Waals surface area contributed by atoms with Crippen LogP contribution < -0.4 is 0 Å². The summed E-state index contributed by atoms with van der Waals surface area (Å²) in [5, 5.41) is 4.40. The Bertz CT molecular complexity index is 786. The van der Waals surface area contributed by atoms with Crippen LogP contribution in [0.2, 0.25) is 5.02 Å². The zero-order chi connectivity index (χ0) is 16.6. The minimum absolute atomic E-state index is 0.218. The molecule has 2 aromatic rings. The van der Waals surface area contributed by atoms with Gasteiger partial charge in [-0.2, -0.15) is 0 Å². The van der Waals surface area contributed by atoms with Crippen LogP contribution in [-0.2, 0) is 10.8 Å². The fourth-order valence-corrected chi connectivity index (χ4v) is 4.82. The van der Waals surface area contributed by atoms with Crippen molar-refractivity contribution in [3.05, 3.63) is 44.7 Å². The fourth-order valence-electron chi connectivity index (χ4n) is 2.43. The highest BCUT2D eigenvalue weighted by molar-refractivity contribution is 9.10. The van der Waals surface area contributed by atoms with Crippen molar-refractivity contribution in [3.8, 4) is 0 Å². The summed E-state index contributed by atoms with van der Waals surface area (Å²) in [4.78, 5) is 13.4. The van der Waals surface area contributed by atoms with E-state index >= 15 is 0 Å². The molecule has 0 radical (unpaired) electrons. The standard InChI is InChI=1S/C16H15BrClNO3S/c1-2-7-23(21)16-10(5-6-12(18)13(16)17)15(20)11-8-22-19-14(11)9-3-4-9/h5-6,8-9H,2-4,7H2,1H3. The second-order valence-corrected chi connectivity index (χ2v) is 8.21. The maximum atomic E-state index is 13.0. The van der Waals surface area contributed by atoms with Gasteiger partial charge in [0.1, 0.15) is 6.26 Å². The van der Waals surface area contributed by atoms with E-state index in [1.807, 2.05) is 6.92 Å². The van der Waals surface area contributed by atoms with Crippen molar-refractivity contribution in [1.29, 1.82) is 0 Å². The molecule has 1 aliphatic rings. The van der Waals surface area contributed by atoms with Gasteiger partial charge >= 0.3 is 0 Å². The molecule has 1 aliphatic carbocycles. The Balaban J connectivity index is 2.08. The van der Waals surface area contributed by atoms with E-state index < -0.39 is 10.8 Å². The molecule has 7 heteroatoms. The molecule has 1 unspecified atom stereocenters. The monoisotopic (exact) mass is 415 g/mol. The van der Waals surface area contributed by atoms with Crippen LogP contribution in [0.25, 0.3) is 0 Å². The van der Waals surface area contributed by atoms with E-state index in [1.165, 1.54) is 6.26 Å². The van der Waals surface area contributed by atoms with Gasteiger partial charge in [0, 0.05) is 17.2 Å². The lowest BCUT2D eigenvalue weighted by molar-refractivity contribution is 0.103. The molecule has 1 fully saturated rings. The number of rotatable bonds is 6. The summed E-state index contributed by atoms with van der Waals surface area (Å²) >= 11 is 9.50. The molecule has 3 rings (SSSR count). The van der Waals surface area contributed by atoms with Gasteiger partial charge in [-0.15, -0.1) is 0 Å². The lowest BCUT2D eigenvalue weighted by atomic mass is 10.0. The molecule has 0 bridgehead atoms. The second kappa shape index (κ2) is 6.87. The van der Waals surface area contributed by atoms with Crippen molar-refractivity contribution in [3.63, 3.8) is 0 Å². The van der Waals surface area contributed by atoms with Crippen LogP contribution in [0.15, 0.2) is 32.3 Å². The van der Waals surface area contributed by atoms with E-state index in [0.29, 0.717) is 42.9 Å². The van der Waals surface area contributed by atoms with Gasteiger partial charge in [-0.05, 0) is 47.3 Å². The summed E-state index contributed by atoms with van der Waals surface area (Å²) < 4.78 is 18.1. The first-order valence-corrected chi connectivity index (χ1v) is 9.88. The van der Waals surface area contributed by atoms with E-state index in [9.17, 15) is 9.00 Å². The number of halogens is 2. The van der Waals surface area contributed by atoms with Crippen molar-refractivity contribution >= 4 is 44.1 Å². The third kappa shape index (κ3) is 3.30. The molecule has 0 spiro atoms. The molecular weight excluding hydrogens is 402 g/mol. The minimum Gasteiger partial charge on any atom is -0.364 e. The number of carbonyl (C=O) groups is 1. The number of hydrogen-bond acceptors (Lipinski definition) is 4. The molecule has 1 heterocycles. The lowest BCUT2D eigenvalue weighted by Gasteiger charge is -2.11. The molecule has 0 saturated heterocycles. The van der Waals surface area contributed by atoms with E-state index in [4.69, 9.17) is 16.1 Å².